The van der Waals surface area contributed by atoms with Crippen molar-refractivity contribution < 1.29 is 0 Å². The van der Waals surface area contributed by atoms with Crippen LogP contribution in [0.2, 0.25) is 5.02 Å². The summed E-state index contributed by atoms with van der Waals surface area (Å²) in [5, 5.41) is 17.2. The lowest BCUT2D eigenvalue weighted by Gasteiger charge is -2.10. The zero-order chi connectivity index (χ0) is 19.8. The van der Waals surface area contributed by atoms with Gasteiger partial charge in [-0.05, 0) is 17.5 Å². The van der Waals surface area contributed by atoms with E-state index in [1.165, 1.54) is 10.7 Å². The normalized spacial score (nSPS) is 11.2. The highest BCUT2D eigenvalue weighted by molar-refractivity contribution is 6.31. The van der Waals surface area contributed by atoms with Crippen LogP contribution in [-0.2, 0) is 6.54 Å². The van der Waals surface area contributed by atoms with Gasteiger partial charge >= 0.3 is 0 Å². The summed E-state index contributed by atoms with van der Waals surface area (Å²) >= 11 is 6.24. The van der Waals surface area contributed by atoms with E-state index in [9.17, 15) is 10.1 Å². The Balaban J connectivity index is 1.84. The van der Waals surface area contributed by atoms with Crippen molar-refractivity contribution in [3.8, 4) is 17.3 Å². The molecular formula is C20H17ClN6O. The molecule has 0 bridgehead atoms. The maximum absolute atomic E-state index is 13.0. The Kier molecular flexibility index (Phi) is 4.49. The third-order valence-electron chi connectivity index (χ3n) is 4.59. The molecule has 0 fully saturated rings. The van der Waals surface area contributed by atoms with Crippen LogP contribution in [0.15, 0.2) is 47.7 Å². The first-order chi connectivity index (χ1) is 13.5. The van der Waals surface area contributed by atoms with Crippen molar-refractivity contribution in [3.05, 3.63) is 74.9 Å². The topological polar surface area (TPSA) is 91.8 Å². The summed E-state index contributed by atoms with van der Waals surface area (Å²) in [7, 11) is 0. The fourth-order valence-corrected chi connectivity index (χ4v) is 3.42. The number of halogens is 1. The molecule has 4 rings (SSSR count). The van der Waals surface area contributed by atoms with E-state index in [0.717, 1.165) is 11.1 Å². The molecule has 0 amide bonds. The van der Waals surface area contributed by atoms with Crippen molar-refractivity contribution in [1.29, 1.82) is 5.26 Å². The average molecular weight is 393 g/mol. The van der Waals surface area contributed by atoms with Gasteiger partial charge < -0.3 is 0 Å². The molecule has 3 aromatic heterocycles. The van der Waals surface area contributed by atoms with E-state index in [4.69, 9.17) is 11.6 Å². The van der Waals surface area contributed by atoms with Gasteiger partial charge in [-0.25, -0.2) is 9.50 Å². The summed E-state index contributed by atoms with van der Waals surface area (Å²) in [5.41, 5.74) is 3.20. The van der Waals surface area contributed by atoms with Crippen molar-refractivity contribution >= 4 is 17.2 Å². The highest BCUT2D eigenvalue weighted by Gasteiger charge is 2.20. The molecule has 0 saturated carbocycles. The lowest BCUT2D eigenvalue weighted by Crippen LogP contribution is -2.22. The number of rotatable bonds is 4. The highest BCUT2D eigenvalue weighted by atomic mass is 35.5. The van der Waals surface area contributed by atoms with Crippen LogP contribution in [0.4, 0.5) is 0 Å². The van der Waals surface area contributed by atoms with Gasteiger partial charge in [0.1, 0.15) is 11.6 Å². The predicted molar refractivity (Wildman–Crippen MR) is 106 cm³/mol. The van der Waals surface area contributed by atoms with Gasteiger partial charge in [-0.2, -0.15) is 10.4 Å². The minimum atomic E-state index is -0.213. The predicted octanol–water partition coefficient (Wildman–Crippen LogP) is 3.58. The molecule has 0 aliphatic carbocycles. The van der Waals surface area contributed by atoms with Gasteiger partial charge in [-0.15, -0.1) is 0 Å². The van der Waals surface area contributed by atoms with Crippen LogP contribution in [-0.4, -0.2) is 24.4 Å². The lowest BCUT2D eigenvalue weighted by atomic mass is 10.00. The Morgan fingerprint density at radius 1 is 1.32 bits per heavy atom. The Morgan fingerprint density at radius 3 is 2.82 bits per heavy atom. The number of fused-ring (bicyclic) bond motifs is 1. The summed E-state index contributed by atoms with van der Waals surface area (Å²) in [6.07, 6.45) is 5.00. The van der Waals surface area contributed by atoms with E-state index in [-0.39, 0.29) is 11.5 Å². The molecule has 0 saturated heterocycles. The largest absolute Gasteiger partial charge is 0.295 e. The lowest BCUT2D eigenvalue weighted by molar-refractivity contribution is 0.687. The molecule has 140 valence electrons. The number of hydrogen-bond donors (Lipinski definition) is 1. The first-order valence-electron chi connectivity index (χ1n) is 8.80. The van der Waals surface area contributed by atoms with Crippen LogP contribution in [0.3, 0.4) is 0 Å². The van der Waals surface area contributed by atoms with E-state index in [1.54, 1.807) is 10.9 Å². The third-order valence-corrected chi connectivity index (χ3v) is 4.96. The Bertz CT molecular complexity index is 1270. The van der Waals surface area contributed by atoms with Crippen LogP contribution < -0.4 is 5.56 Å². The van der Waals surface area contributed by atoms with Gasteiger partial charge in [0.25, 0.3) is 5.56 Å². The molecule has 0 aliphatic rings. The maximum Gasteiger partial charge on any atom is 0.276 e. The number of aromatic nitrogens is 5. The number of nitriles is 1. The van der Waals surface area contributed by atoms with Crippen LogP contribution in [0.25, 0.3) is 16.9 Å². The zero-order valence-corrected chi connectivity index (χ0v) is 16.1. The van der Waals surface area contributed by atoms with Crippen molar-refractivity contribution in [1.82, 2.24) is 24.4 Å². The molecule has 28 heavy (non-hydrogen) atoms. The van der Waals surface area contributed by atoms with Gasteiger partial charge in [-0.1, -0.05) is 43.6 Å². The summed E-state index contributed by atoms with van der Waals surface area (Å²) in [5.74, 6) is -0.0485. The standard InChI is InChI=1S/C20H17ClN6O/c1-12(2)17-18(25-19-14(7-22)8-24-27(19)20(17)28)15-9-23-26(11-15)10-13-5-3-4-6-16(13)21/h3-6,8-9,11-12,24H,10H2,1-2H3. The fraction of sp³-hybridized carbons (Fsp3) is 0.200. The van der Waals surface area contributed by atoms with Gasteiger partial charge in [0.15, 0.2) is 5.65 Å². The Morgan fingerprint density at radius 2 is 2.11 bits per heavy atom. The molecule has 4 aromatic rings. The molecule has 1 aromatic carbocycles. The Hall–Kier alpha value is -3.37. The van der Waals surface area contributed by atoms with Crippen molar-refractivity contribution in [2.24, 2.45) is 0 Å². The van der Waals surface area contributed by atoms with E-state index in [0.29, 0.717) is 34.0 Å². The second kappa shape index (κ2) is 6.98. The van der Waals surface area contributed by atoms with Gasteiger partial charge in [0, 0.05) is 28.5 Å². The van der Waals surface area contributed by atoms with Crippen LogP contribution in [0, 0.1) is 11.3 Å². The van der Waals surface area contributed by atoms with E-state index < -0.39 is 0 Å². The number of nitrogens with zero attached hydrogens (tertiary/aromatic N) is 5. The second-order valence-corrected chi connectivity index (χ2v) is 7.22. The monoisotopic (exact) mass is 392 g/mol. The first-order valence-corrected chi connectivity index (χ1v) is 9.17. The smallest absolute Gasteiger partial charge is 0.276 e. The minimum Gasteiger partial charge on any atom is -0.295 e. The van der Waals surface area contributed by atoms with Gasteiger partial charge in [0.2, 0.25) is 0 Å². The molecule has 1 N–H and O–H groups in total. The number of benzene rings is 1. The van der Waals surface area contributed by atoms with E-state index >= 15 is 0 Å². The molecular weight excluding hydrogens is 376 g/mol. The van der Waals surface area contributed by atoms with Crippen molar-refractivity contribution in [3.63, 3.8) is 0 Å². The molecule has 3 heterocycles. The van der Waals surface area contributed by atoms with Crippen LogP contribution >= 0.6 is 11.6 Å². The molecule has 8 heteroatoms. The highest BCUT2D eigenvalue weighted by Crippen LogP contribution is 2.26. The first kappa shape index (κ1) is 18.0. The number of hydrogen-bond acceptors (Lipinski definition) is 4. The molecule has 7 nitrogen and oxygen atoms in total. The third kappa shape index (κ3) is 2.98. The fourth-order valence-electron chi connectivity index (χ4n) is 3.22. The zero-order valence-electron chi connectivity index (χ0n) is 15.3. The summed E-state index contributed by atoms with van der Waals surface area (Å²) in [4.78, 5) is 17.6. The summed E-state index contributed by atoms with van der Waals surface area (Å²) in [6.45, 7) is 4.39. The van der Waals surface area contributed by atoms with Crippen molar-refractivity contribution in [2.75, 3.05) is 0 Å². The quantitative estimate of drug-likeness (QED) is 0.574. The van der Waals surface area contributed by atoms with E-state index in [1.807, 2.05) is 44.3 Å². The number of aromatic amines is 1. The van der Waals surface area contributed by atoms with Crippen LogP contribution in [0.5, 0.6) is 0 Å². The van der Waals surface area contributed by atoms with Gasteiger partial charge in [0.05, 0.1) is 18.4 Å². The molecule has 0 unspecified atom stereocenters. The average Bonchev–Trinajstić information content (AvgIpc) is 3.30. The second-order valence-electron chi connectivity index (χ2n) is 6.81. The number of nitrogens with one attached hydrogen (secondary N) is 1. The molecule has 0 atom stereocenters. The molecule has 0 spiro atoms. The summed E-state index contributed by atoms with van der Waals surface area (Å²) < 4.78 is 3.07. The molecule has 0 radical (unpaired) electrons. The number of H-pyrrole nitrogens is 1. The maximum atomic E-state index is 13.0. The summed E-state index contributed by atoms with van der Waals surface area (Å²) in [6, 6.07) is 9.65. The molecule has 0 aliphatic heterocycles. The Labute approximate surface area is 165 Å². The van der Waals surface area contributed by atoms with E-state index in [2.05, 4.69) is 21.3 Å². The van der Waals surface area contributed by atoms with Gasteiger partial charge in [-0.3, -0.25) is 14.6 Å². The van der Waals surface area contributed by atoms with Crippen LogP contribution in [0.1, 0.15) is 36.5 Å². The SMILES string of the molecule is CC(C)c1c(-c2cnn(Cc3ccccc3Cl)c2)nc2c(C#N)c[nH]n2c1=O. The minimum absolute atomic E-state index is 0.0485. The van der Waals surface area contributed by atoms with Crippen molar-refractivity contribution in [2.45, 2.75) is 26.3 Å².